The molecule has 0 radical (unpaired) electrons. The average molecular weight is 459 g/mol. The fourth-order valence-electron chi connectivity index (χ4n) is 2.46. The standard InChI is InChI=1S/C19H23ClN2O5S2/c1-19(2,3)22-29(26,27)17-13-14(9-10-16(17)20)18(23)21-11-12-28(24,25)15-7-5-4-6-8-15/h4-10,13,22H,11-12H2,1-3H3,(H,21,23). The lowest BCUT2D eigenvalue weighted by atomic mass is 10.1. The number of halogens is 1. The topological polar surface area (TPSA) is 109 Å². The normalized spacial score (nSPS) is 12.6. The third-order valence-corrected chi connectivity index (χ3v) is 7.65. The van der Waals surface area contributed by atoms with Gasteiger partial charge in [0.1, 0.15) is 4.90 Å². The van der Waals surface area contributed by atoms with Crippen LogP contribution in [0.2, 0.25) is 5.02 Å². The van der Waals surface area contributed by atoms with Gasteiger partial charge in [-0.25, -0.2) is 21.6 Å². The van der Waals surface area contributed by atoms with Gasteiger partial charge in [0.05, 0.1) is 15.7 Å². The summed E-state index contributed by atoms with van der Waals surface area (Å²) >= 11 is 6.02. The molecule has 2 rings (SSSR count). The van der Waals surface area contributed by atoms with Crippen molar-refractivity contribution >= 4 is 37.4 Å². The van der Waals surface area contributed by atoms with Crippen molar-refractivity contribution in [3.63, 3.8) is 0 Å². The second-order valence-corrected chi connectivity index (χ2v) is 11.6. The Labute approximate surface area is 176 Å². The molecule has 0 bridgehead atoms. The van der Waals surface area contributed by atoms with E-state index < -0.39 is 31.3 Å². The molecule has 158 valence electrons. The summed E-state index contributed by atoms with van der Waals surface area (Å²) in [6, 6.07) is 11.8. The molecule has 0 fully saturated rings. The lowest BCUT2D eigenvalue weighted by Gasteiger charge is -2.21. The van der Waals surface area contributed by atoms with Crippen molar-refractivity contribution < 1.29 is 21.6 Å². The molecular weight excluding hydrogens is 436 g/mol. The van der Waals surface area contributed by atoms with E-state index in [2.05, 4.69) is 10.0 Å². The molecule has 7 nitrogen and oxygen atoms in total. The van der Waals surface area contributed by atoms with E-state index in [1.807, 2.05) is 0 Å². The summed E-state index contributed by atoms with van der Waals surface area (Å²) in [5.74, 6) is -0.885. The largest absolute Gasteiger partial charge is 0.351 e. The maximum Gasteiger partial charge on any atom is 0.251 e. The zero-order valence-electron chi connectivity index (χ0n) is 16.3. The van der Waals surface area contributed by atoms with E-state index in [0.717, 1.165) is 6.07 Å². The number of amides is 1. The van der Waals surface area contributed by atoms with Gasteiger partial charge in [-0.05, 0) is 51.1 Å². The number of hydrogen-bond acceptors (Lipinski definition) is 5. The van der Waals surface area contributed by atoms with Gasteiger partial charge in [0, 0.05) is 17.6 Å². The molecular formula is C19H23ClN2O5S2. The molecule has 2 aromatic carbocycles. The predicted octanol–water partition coefficient (Wildman–Crippen LogP) is 2.62. The fraction of sp³-hybridized carbons (Fsp3) is 0.316. The first-order chi connectivity index (χ1) is 13.3. The van der Waals surface area contributed by atoms with Crippen LogP contribution in [0.5, 0.6) is 0 Å². The quantitative estimate of drug-likeness (QED) is 0.662. The van der Waals surface area contributed by atoms with Crippen molar-refractivity contribution in [2.24, 2.45) is 0 Å². The third-order valence-electron chi connectivity index (χ3n) is 3.68. The summed E-state index contributed by atoms with van der Waals surface area (Å²) in [4.78, 5) is 12.3. The van der Waals surface area contributed by atoms with Gasteiger partial charge >= 0.3 is 0 Å². The molecule has 0 saturated carbocycles. The van der Waals surface area contributed by atoms with Crippen molar-refractivity contribution in [2.75, 3.05) is 12.3 Å². The number of rotatable bonds is 7. The molecule has 0 aromatic heterocycles. The Morgan fingerprint density at radius 1 is 1.00 bits per heavy atom. The molecule has 29 heavy (non-hydrogen) atoms. The van der Waals surface area contributed by atoms with E-state index in [0.29, 0.717) is 0 Å². The number of hydrogen-bond donors (Lipinski definition) is 2. The highest BCUT2D eigenvalue weighted by Gasteiger charge is 2.25. The number of benzene rings is 2. The van der Waals surface area contributed by atoms with Crippen molar-refractivity contribution in [1.29, 1.82) is 0 Å². The minimum atomic E-state index is -3.94. The molecule has 1 amide bonds. The zero-order valence-corrected chi connectivity index (χ0v) is 18.7. The van der Waals surface area contributed by atoms with Crippen LogP contribution in [-0.2, 0) is 19.9 Å². The van der Waals surface area contributed by atoms with Crippen molar-refractivity contribution in [2.45, 2.75) is 36.1 Å². The Morgan fingerprint density at radius 2 is 1.62 bits per heavy atom. The minimum Gasteiger partial charge on any atom is -0.351 e. The Hall–Kier alpha value is -1.94. The van der Waals surface area contributed by atoms with E-state index in [-0.39, 0.29) is 32.7 Å². The molecule has 2 aromatic rings. The molecule has 0 spiro atoms. The maximum absolute atomic E-state index is 12.5. The van der Waals surface area contributed by atoms with Crippen LogP contribution < -0.4 is 10.0 Å². The van der Waals surface area contributed by atoms with Crippen LogP contribution in [-0.4, -0.2) is 40.6 Å². The third kappa shape index (κ3) is 6.53. The van der Waals surface area contributed by atoms with E-state index >= 15 is 0 Å². The SMILES string of the molecule is CC(C)(C)NS(=O)(=O)c1cc(C(=O)NCCS(=O)(=O)c2ccccc2)ccc1Cl. The van der Waals surface area contributed by atoms with E-state index in [1.54, 1.807) is 39.0 Å². The highest BCUT2D eigenvalue weighted by Crippen LogP contribution is 2.24. The smallest absolute Gasteiger partial charge is 0.251 e. The summed E-state index contributed by atoms with van der Waals surface area (Å²) in [5, 5.41) is 2.47. The van der Waals surface area contributed by atoms with Crippen LogP contribution in [0.4, 0.5) is 0 Å². The lowest BCUT2D eigenvalue weighted by Crippen LogP contribution is -2.40. The van der Waals surface area contributed by atoms with Crippen LogP contribution in [0.15, 0.2) is 58.3 Å². The minimum absolute atomic E-state index is 0.0232. The summed E-state index contributed by atoms with van der Waals surface area (Å²) < 4.78 is 52.1. The average Bonchev–Trinajstić information content (AvgIpc) is 2.60. The van der Waals surface area contributed by atoms with E-state index in [4.69, 9.17) is 11.6 Å². The van der Waals surface area contributed by atoms with Gasteiger partial charge in [-0.3, -0.25) is 4.79 Å². The van der Waals surface area contributed by atoms with Crippen molar-refractivity contribution in [3.05, 3.63) is 59.1 Å². The number of sulfone groups is 1. The number of nitrogens with one attached hydrogen (secondary N) is 2. The number of sulfonamides is 1. The highest BCUT2D eigenvalue weighted by atomic mass is 35.5. The Morgan fingerprint density at radius 3 is 2.21 bits per heavy atom. The van der Waals surface area contributed by atoms with Gasteiger partial charge in [0.15, 0.2) is 9.84 Å². The first-order valence-electron chi connectivity index (χ1n) is 8.71. The Bertz CT molecular complexity index is 1090. The summed E-state index contributed by atoms with van der Waals surface area (Å²) in [5.41, 5.74) is -0.674. The molecule has 0 aliphatic heterocycles. The van der Waals surface area contributed by atoms with Crippen LogP contribution >= 0.6 is 11.6 Å². The van der Waals surface area contributed by atoms with E-state index in [1.165, 1.54) is 24.3 Å². The van der Waals surface area contributed by atoms with Crippen molar-refractivity contribution in [3.8, 4) is 0 Å². The predicted molar refractivity (Wildman–Crippen MR) is 112 cm³/mol. The summed E-state index contributed by atoms with van der Waals surface area (Å²) in [7, 11) is -7.48. The molecule has 0 heterocycles. The monoisotopic (exact) mass is 458 g/mol. The summed E-state index contributed by atoms with van der Waals surface area (Å²) in [6.45, 7) is 4.92. The van der Waals surface area contributed by atoms with Crippen LogP contribution in [0.3, 0.4) is 0 Å². The fourth-order valence-corrected chi connectivity index (χ4v) is 5.58. The van der Waals surface area contributed by atoms with Gasteiger partial charge in [-0.2, -0.15) is 0 Å². The molecule has 0 aliphatic carbocycles. The Balaban J connectivity index is 2.12. The number of carbonyl (C=O) groups is 1. The van der Waals surface area contributed by atoms with E-state index in [9.17, 15) is 21.6 Å². The molecule has 0 unspecified atom stereocenters. The second-order valence-electron chi connectivity index (χ2n) is 7.39. The highest BCUT2D eigenvalue weighted by molar-refractivity contribution is 7.91. The van der Waals surface area contributed by atoms with Crippen molar-refractivity contribution in [1.82, 2.24) is 10.0 Å². The number of carbonyl (C=O) groups excluding carboxylic acids is 1. The maximum atomic E-state index is 12.5. The van der Waals surface area contributed by atoms with Gasteiger partial charge < -0.3 is 5.32 Å². The molecule has 0 atom stereocenters. The lowest BCUT2D eigenvalue weighted by molar-refractivity contribution is 0.0956. The van der Waals surface area contributed by atoms with Crippen LogP contribution in [0.25, 0.3) is 0 Å². The zero-order chi connectivity index (χ0) is 21.9. The Kier molecular flexibility index (Phi) is 7.10. The molecule has 0 aliphatic rings. The van der Waals surface area contributed by atoms with Crippen LogP contribution in [0, 0.1) is 0 Å². The second kappa shape index (κ2) is 8.83. The summed E-state index contributed by atoms with van der Waals surface area (Å²) in [6.07, 6.45) is 0. The molecule has 2 N–H and O–H groups in total. The van der Waals surface area contributed by atoms with Gasteiger partial charge in [-0.15, -0.1) is 0 Å². The molecule has 0 saturated heterocycles. The molecule has 10 heteroatoms. The van der Waals surface area contributed by atoms with Gasteiger partial charge in [0.25, 0.3) is 5.91 Å². The first-order valence-corrected chi connectivity index (χ1v) is 12.2. The van der Waals surface area contributed by atoms with Gasteiger partial charge in [-0.1, -0.05) is 29.8 Å². The van der Waals surface area contributed by atoms with Crippen LogP contribution in [0.1, 0.15) is 31.1 Å². The first kappa shape index (κ1) is 23.3. The van der Waals surface area contributed by atoms with Gasteiger partial charge in [0.2, 0.25) is 10.0 Å².